The van der Waals surface area contributed by atoms with E-state index in [0.717, 1.165) is 0 Å². The molecule has 0 aliphatic heterocycles. The van der Waals surface area contributed by atoms with Crippen molar-refractivity contribution in [3.05, 3.63) is 0 Å². The van der Waals surface area contributed by atoms with E-state index in [1.165, 1.54) is 0 Å². The Morgan fingerprint density at radius 3 is 0.810 bits per heavy atom. The number of hydrogen-bond acceptors (Lipinski definition) is 9. The molecule has 0 aromatic heterocycles. The summed E-state index contributed by atoms with van der Waals surface area (Å²) in [6, 6.07) is 0. The zero-order valence-corrected chi connectivity index (χ0v) is 12.6. The van der Waals surface area contributed by atoms with Crippen molar-refractivity contribution in [1.29, 1.82) is 0 Å². The summed E-state index contributed by atoms with van der Waals surface area (Å²) in [6.45, 7) is 4.80. The molecule has 0 aliphatic carbocycles. The Labute approximate surface area is 126 Å². The largest absolute Gasteiger partial charge is 0.394 e. The number of nitrogens with two attached hydrogens (primary N) is 2. The minimum atomic E-state index is 0.0359. The fourth-order valence-corrected chi connectivity index (χ4v) is 1.11. The molecular formula is C12H30N2O7. The zero-order valence-electron chi connectivity index (χ0n) is 12.6. The van der Waals surface area contributed by atoms with Gasteiger partial charge in [0, 0.05) is 0 Å². The lowest BCUT2D eigenvalue weighted by Gasteiger charge is -2.07. The van der Waals surface area contributed by atoms with Crippen LogP contribution >= 0.6 is 0 Å². The molecule has 0 saturated heterocycles. The van der Waals surface area contributed by atoms with Gasteiger partial charge in [-0.2, -0.15) is 0 Å². The molecule has 0 atom stereocenters. The molecule has 9 heteroatoms. The summed E-state index contributed by atoms with van der Waals surface area (Å²) in [6.07, 6.45) is 0. The molecule has 0 radical (unpaired) electrons. The second-order valence-electron chi connectivity index (χ2n) is 3.51. The van der Waals surface area contributed by atoms with E-state index in [4.69, 9.17) is 33.9 Å². The van der Waals surface area contributed by atoms with Crippen molar-refractivity contribution in [3.63, 3.8) is 0 Å². The van der Waals surface area contributed by atoms with Crippen LogP contribution in [0.15, 0.2) is 0 Å². The van der Waals surface area contributed by atoms with Gasteiger partial charge in [-0.15, -0.1) is 0 Å². The van der Waals surface area contributed by atoms with Gasteiger partial charge in [0.1, 0.15) is 0 Å². The van der Waals surface area contributed by atoms with Gasteiger partial charge in [-0.05, 0) is 0 Å². The second-order valence-corrected chi connectivity index (χ2v) is 3.51. The first kappa shape index (κ1) is 22.9. The highest BCUT2D eigenvalue weighted by molar-refractivity contribution is 4.35. The van der Waals surface area contributed by atoms with E-state index in [0.29, 0.717) is 66.1 Å². The molecule has 130 valence electrons. The lowest BCUT2D eigenvalue weighted by Crippen LogP contribution is -2.14. The maximum atomic E-state index is 8.45. The number of hydrogen-bond donors (Lipinski definition) is 4. The molecule has 0 aromatic carbocycles. The Balaban J connectivity index is 0. The van der Waals surface area contributed by atoms with E-state index in [1.807, 2.05) is 0 Å². The van der Waals surface area contributed by atoms with Crippen LogP contribution in [-0.4, -0.2) is 89.5 Å². The molecule has 0 aromatic rings. The van der Waals surface area contributed by atoms with Crippen molar-refractivity contribution in [2.75, 3.05) is 79.3 Å². The molecule has 0 saturated carbocycles. The van der Waals surface area contributed by atoms with Crippen LogP contribution < -0.4 is 11.7 Å². The van der Waals surface area contributed by atoms with Crippen molar-refractivity contribution >= 4 is 0 Å². The first-order valence-corrected chi connectivity index (χ1v) is 6.85. The molecule has 6 N–H and O–H groups in total. The monoisotopic (exact) mass is 314 g/mol. The Bertz CT molecular complexity index is 151. The van der Waals surface area contributed by atoms with E-state index >= 15 is 0 Å². The number of aliphatic hydroxyl groups excluding tert-OH is 2. The molecule has 0 spiro atoms. The summed E-state index contributed by atoms with van der Waals surface area (Å²) in [7, 11) is 0. The average Bonchev–Trinajstić information content (AvgIpc) is 2.53. The van der Waals surface area contributed by atoms with E-state index in [9.17, 15) is 0 Å². The van der Waals surface area contributed by atoms with Crippen LogP contribution in [0.2, 0.25) is 0 Å². The molecule has 0 bridgehead atoms. The fraction of sp³-hybridized carbons (Fsp3) is 1.00. The summed E-state index contributed by atoms with van der Waals surface area (Å²) >= 11 is 0. The third kappa shape index (κ3) is 25.0. The van der Waals surface area contributed by atoms with Crippen LogP contribution in [0.25, 0.3) is 0 Å². The average molecular weight is 314 g/mol. The summed E-state index contributed by atoms with van der Waals surface area (Å²) in [5.74, 6) is 8.00. The highest BCUT2D eigenvalue weighted by Crippen LogP contribution is 1.83. The van der Waals surface area contributed by atoms with Gasteiger partial charge in [0.25, 0.3) is 0 Å². The Morgan fingerprint density at radius 2 is 0.619 bits per heavy atom. The van der Waals surface area contributed by atoms with Crippen LogP contribution in [0.3, 0.4) is 0 Å². The Kier molecular flexibility index (Phi) is 26.9. The van der Waals surface area contributed by atoms with Crippen LogP contribution in [0.4, 0.5) is 0 Å². The van der Waals surface area contributed by atoms with Crippen molar-refractivity contribution in [2.45, 2.75) is 0 Å². The second kappa shape index (κ2) is 24.6. The maximum Gasteiger partial charge on any atom is 0.0701 e. The lowest BCUT2D eigenvalue weighted by molar-refractivity contribution is -0.0151. The van der Waals surface area contributed by atoms with Gasteiger partial charge in [-0.1, -0.05) is 0 Å². The smallest absolute Gasteiger partial charge is 0.0701 e. The molecule has 0 fully saturated rings. The van der Waals surface area contributed by atoms with Crippen molar-refractivity contribution in [1.82, 2.24) is 0 Å². The predicted molar refractivity (Wildman–Crippen MR) is 76.6 cm³/mol. The topological polar surface area (TPSA) is 139 Å². The maximum absolute atomic E-state index is 8.45. The van der Waals surface area contributed by atoms with Gasteiger partial charge in [0.05, 0.1) is 79.3 Å². The molecule has 9 nitrogen and oxygen atoms in total. The van der Waals surface area contributed by atoms with Gasteiger partial charge in [-0.25, -0.2) is 0 Å². The van der Waals surface area contributed by atoms with E-state index < -0.39 is 0 Å². The van der Waals surface area contributed by atoms with E-state index in [1.54, 1.807) is 0 Å². The SMILES string of the molecule is NN.OCCOCCOCCOCCOCCOCCO. The van der Waals surface area contributed by atoms with E-state index in [-0.39, 0.29) is 13.2 Å². The molecule has 21 heavy (non-hydrogen) atoms. The molecular weight excluding hydrogens is 284 g/mol. The molecule has 0 aliphatic rings. The van der Waals surface area contributed by atoms with Crippen LogP contribution in [0.5, 0.6) is 0 Å². The first-order chi connectivity index (χ1) is 10.4. The third-order valence-electron chi connectivity index (χ3n) is 1.96. The van der Waals surface area contributed by atoms with Crippen LogP contribution in [-0.2, 0) is 23.7 Å². The van der Waals surface area contributed by atoms with Gasteiger partial charge >= 0.3 is 0 Å². The third-order valence-corrected chi connectivity index (χ3v) is 1.96. The predicted octanol–water partition coefficient (Wildman–Crippen LogP) is -2.13. The lowest BCUT2D eigenvalue weighted by atomic mass is 10.7. The molecule has 0 amide bonds. The van der Waals surface area contributed by atoms with Gasteiger partial charge in [0.15, 0.2) is 0 Å². The normalized spacial score (nSPS) is 10.3. The Hall–Kier alpha value is -0.360. The first-order valence-electron chi connectivity index (χ1n) is 6.85. The highest BCUT2D eigenvalue weighted by Gasteiger charge is 1.92. The molecule has 0 rings (SSSR count). The summed E-state index contributed by atoms with van der Waals surface area (Å²) in [4.78, 5) is 0. The number of hydrazine groups is 1. The quantitative estimate of drug-likeness (QED) is 0.143. The standard InChI is InChI=1S/C12H26O7.H4N2/c13-1-3-15-5-7-17-9-11-19-12-10-18-8-6-16-4-2-14;1-2/h13-14H,1-12H2;1-2H2. The minimum Gasteiger partial charge on any atom is -0.394 e. The van der Waals surface area contributed by atoms with Gasteiger partial charge in [0.2, 0.25) is 0 Å². The summed E-state index contributed by atoms with van der Waals surface area (Å²) in [5, 5.41) is 16.9. The van der Waals surface area contributed by atoms with Crippen molar-refractivity contribution in [2.24, 2.45) is 11.7 Å². The van der Waals surface area contributed by atoms with Crippen LogP contribution in [0.1, 0.15) is 0 Å². The number of rotatable bonds is 16. The Morgan fingerprint density at radius 1 is 0.429 bits per heavy atom. The zero-order chi connectivity index (χ0) is 16.0. The van der Waals surface area contributed by atoms with Gasteiger partial charge in [-0.3, -0.25) is 11.7 Å². The summed E-state index contributed by atoms with van der Waals surface area (Å²) in [5.41, 5.74) is 0. The minimum absolute atomic E-state index is 0.0359. The van der Waals surface area contributed by atoms with Crippen molar-refractivity contribution in [3.8, 4) is 0 Å². The van der Waals surface area contributed by atoms with Crippen LogP contribution in [0, 0.1) is 0 Å². The summed E-state index contributed by atoms with van der Waals surface area (Å²) < 4.78 is 25.8. The highest BCUT2D eigenvalue weighted by atomic mass is 16.6. The molecule has 0 heterocycles. The number of aliphatic hydroxyl groups is 2. The fourth-order valence-electron chi connectivity index (χ4n) is 1.11. The van der Waals surface area contributed by atoms with Gasteiger partial charge < -0.3 is 33.9 Å². The van der Waals surface area contributed by atoms with Crippen molar-refractivity contribution < 1.29 is 33.9 Å². The molecule has 0 unspecified atom stereocenters. The number of ether oxygens (including phenoxy) is 5. The van der Waals surface area contributed by atoms with E-state index in [2.05, 4.69) is 11.7 Å².